The summed E-state index contributed by atoms with van der Waals surface area (Å²) in [6.45, 7) is 0.315. The number of benzene rings is 1. The van der Waals surface area contributed by atoms with Gasteiger partial charge >= 0.3 is 5.69 Å². The number of hydrogen-bond acceptors (Lipinski definition) is 5. The summed E-state index contributed by atoms with van der Waals surface area (Å²) in [6.07, 6.45) is 0.924. The van der Waals surface area contributed by atoms with Gasteiger partial charge in [0.2, 0.25) is 5.82 Å². The molecule has 0 bridgehead atoms. The number of pyridine rings is 1. The first-order chi connectivity index (χ1) is 10.0. The number of nitrogens with one attached hydrogen (secondary N) is 1. The molecule has 1 heterocycles. The Bertz CT molecular complexity index is 664. The fraction of sp³-hybridized carbons (Fsp3) is 0.154. The minimum atomic E-state index is -0.781. The highest BCUT2D eigenvalue weighted by Crippen LogP contribution is 2.33. The standard InChI is InChI=1S/C13H11BrFN3O3/c1-21-9-4-2-8(3-5-9)6-16-13-12(18(19)20)11(14)10(15)7-17-13/h2-5,7H,6H2,1H3,(H,16,17). The van der Waals surface area contributed by atoms with E-state index in [0.29, 0.717) is 12.3 Å². The molecule has 0 radical (unpaired) electrons. The number of anilines is 1. The van der Waals surface area contributed by atoms with Crippen LogP contribution in [0.25, 0.3) is 0 Å². The molecular formula is C13H11BrFN3O3. The van der Waals surface area contributed by atoms with E-state index in [0.717, 1.165) is 11.8 Å². The molecule has 1 aromatic heterocycles. The van der Waals surface area contributed by atoms with Crippen molar-refractivity contribution in [3.05, 3.63) is 56.4 Å². The van der Waals surface area contributed by atoms with Gasteiger partial charge in [-0.15, -0.1) is 0 Å². The molecule has 110 valence electrons. The van der Waals surface area contributed by atoms with Crippen LogP contribution in [-0.2, 0) is 6.54 Å². The monoisotopic (exact) mass is 355 g/mol. The molecule has 1 aromatic carbocycles. The zero-order valence-electron chi connectivity index (χ0n) is 11.0. The van der Waals surface area contributed by atoms with Gasteiger partial charge in [-0.25, -0.2) is 9.37 Å². The van der Waals surface area contributed by atoms with Crippen molar-refractivity contribution in [2.45, 2.75) is 6.54 Å². The molecule has 2 aromatic rings. The predicted molar refractivity (Wildman–Crippen MR) is 78.9 cm³/mol. The highest BCUT2D eigenvalue weighted by Gasteiger charge is 2.23. The second-order valence-corrected chi connectivity index (χ2v) is 4.87. The molecular weight excluding hydrogens is 345 g/mol. The van der Waals surface area contributed by atoms with Crippen molar-refractivity contribution in [2.24, 2.45) is 0 Å². The average molecular weight is 356 g/mol. The van der Waals surface area contributed by atoms with Gasteiger partial charge in [-0.2, -0.15) is 0 Å². The zero-order valence-corrected chi connectivity index (χ0v) is 12.6. The summed E-state index contributed by atoms with van der Waals surface area (Å²) in [6, 6.07) is 7.19. The average Bonchev–Trinajstić information content (AvgIpc) is 2.48. The van der Waals surface area contributed by atoms with Crippen LogP contribution < -0.4 is 10.1 Å². The number of nitrogens with zero attached hydrogens (tertiary/aromatic N) is 2. The Morgan fingerprint density at radius 2 is 2.10 bits per heavy atom. The number of ether oxygens (including phenoxy) is 1. The topological polar surface area (TPSA) is 77.3 Å². The molecule has 6 nitrogen and oxygen atoms in total. The molecule has 0 unspecified atom stereocenters. The molecule has 1 N–H and O–H groups in total. The van der Waals surface area contributed by atoms with E-state index in [4.69, 9.17) is 4.74 Å². The summed E-state index contributed by atoms with van der Waals surface area (Å²) in [4.78, 5) is 14.0. The molecule has 0 amide bonds. The van der Waals surface area contributed by atoms with Gasteiger partial charge in [-0.3, -0.25) is 10.1 Å². The maximum Gasteiger partial charge on any atom is 0.328 e. The summed E-state index contributed by atoms with van der Waals surface area (Å²) in [7, 11) is 1.57. The first-order valence-corrected chi connectivity index (χ1v) is 6.67. The Labute approximate surface area is 128 Å². The van der Waals surface area contributed by atoms with Crippen LogP contribution >= 0.6 is 15.9 Å². The molecule has 0 spiro atoms. The van der Waals surface area contributed by atoms with Crippen molar-refractivity contribution >= 4 is 27.4 Å². The lowest BCUT2D eigenvalue weighted by Crippen LogP contribution is -2.06. The molecule has 0 fully saturated rings. The van der Waals surface area contributed by atoms with Crippen LogP contribution in [0.2, 0.25) is 0 Å². The molecule has 8 heteroatoms. The molecule has 21 heavy (non-hydrogen) atoms. The molecule has 0 saturated carbocycles. The minimum absolute atomic E-state index is 0.00379. The van der Waals surface area contributed by atoms with Crippen molar-refractivity contribution in [3.63, 3.8) is 0 Å². The Morgan fingerprint density at radius 1 is 1.43 bits per heavy atom. The van der Waals surface area contributed by atoms with Gasteiger partial charge in [0.1, 0.15) is 10.2 Å². The number of aromatic nitrogens is 1. The lowest BCUT2D eigenvalue weighted by molar-refractivity contribution is -0.385. The molecule has 0 saturated heterocycles. The minimum Gasteiger partial charge on any atom is -0.497 e. The third-order valence-corrected chi connectivity index (χ3v) is 3.50. The van der Waals surface area contributed by atoms with Gasteiger partial charge < -0.3 is 10.1 Å². The van der Waals surface area contributed by atoms with Crippen molar-refractivity contribution in [1.29, 1.82) is 0 Å². The number of nitro groups is 1. The summed E-state index contributed by atoms with van der Waals surface area (Å²) < 4.78 is 18.1. The largest absolute Gasteiger partial charge is 0.497 e. The Hall–Kier alpha value is -2.22. The van der Waals surface area contributed by atoms with Crippen LogP contribution in [0.1, 0.15) is 5.56 Å². The maximum absolute atomic E-state index is 13.3. The Morgan fingerprint density at radius 3 is 2.67 bits per heavy atom. The quantitative estimate of drug-likeness (QED) is 0.655. The normalized spacial score (nSPS) is 10.2. The van der Waals surface area contributed by atoms with E-state index >= 15 is 0 Å². The van der Waals surface area contributed by atoms with E-state index in [2.05, 4.69) is 26.2 Å². The van der Waals surface area contributed by atoms with Gasteiger partial charge in [0.25, 0.3) is 0 Å². The lowest BCUT2D eigenvalue weighted by atomic mass is 10.2. The molecule has 2 rings (SSSR count). The van der Waals surface area contributed by atoms with Gasteiger partial charge in [0.05, 0.1) is 18.2 Å². The van der Waals surface area contributed by atoms with E-state index < -0.39 is 16.4 Å². The smallest absolute Gasteiger partial charge is 0.328 e. The number of hydrogen-bond donors (Lipinski definition) is 1. The summed E-state index contributed by atoms with van der Waals surface area (Å²) in [5.74, 6) is -0.0619. The lowest BCUT2D eigenvalue weighted by Gasteiger charge is -2.08. The van der Waals surface area contributed by atoms with Gasteiger partial charge in [-0.1, -0.05) is 12.1 Å². The van der Waals surface area contributed by atoms with Crippen LogP contribution in [-0.4, -0.2) is 17.0 Å². The second-order valence-electron chi connectivity index (χ2n) is 4.08. The van der Waals surface area contributed by atoms with Crippen LogP contribution in [0, 0.1) is 15.9 Å². The highest BCUT2D eigenvalue weighted by molar-refractivity contribution is 9.10. The first kappa shape index (κ1) is 15.2. The maximum atomic E-state index is 13.3. The fourth-order valence-corrected chi connectivity index (χ4v) is 2.12. The predicted octanol–water partition coefficient (Wildman–Crippen LogP) is 3.51. The van der Waals surface area contributed by atoms with Crippen molar-refractivity contribution < 1.29 is 14.1 Å². The van der Waals surface area contributed by atoms with E-state index in [1.54, 1.807) is 19.2 Å². The van der Waals surface area contributed by atoms with E-state index in [1.165, 1.54) is 0 Å². The van der Waals surface area contributed by atoms with Crippen LogP contribution in [0.5, 0.6) is 5.75 Å². The number of rotatable bonds is 5. The van der Waals surface area contributed by atoms with Gasteiger partial charge in [0, 0.05) is 6.54 Å². The Balaban J connectivity index is 2.19. The molecule has 0 atom stereocenters. The SMILES string of the molecule is COc1ccc(CNc2ncc(F)c(Br)c2[N+](=O)[O-])cc1. The van der Waals surface area contributed by atoms with Crippen molar-refractivity contribution in [2.75, 3.05) is 12.4 Å². The van der Waals surface area contributed by atoms with E-state index in [-0.39, 0.29) is 10.3 Å². The number of methoxy groups -OCH3 is 1. The summed E-state index contributed by atoms with van der Waals surface area (Å²) >= 11 is 2.86. The van der Waals surface area contributed by atoms with E-state index in [9.17, 15) is 14.5 Å². The van der Waals surface area contributed by atoms with Gasteiger partial charge in [-0.05, 0) is 33.6 Å². The first-order valence-electron chi connectivity index (χ1n) is 5.88. The van der Waals surface area contributed by atoms with Crippen molar-refractivity contribution in [1.82, 2.24) is 4.98 Å². The third-order valence-electron chi connectivity index (χ3n) is 2.75. The third kappa shape index (κ3) is 3.46. The van der Waals surface area contributed by atoms with Crippen molar-refractivity contribution in [3.8, 4) is 5.75 Å². The summed E-state index contributed by atoms with van der Waals surface area (Å²) in [5, 5.41) is 13.8. The molecule has 0 aliphatic rings. The van der Waals surface area contributed by atoms with Crippen LogP contribution in [0.4, 0.5) is 15.9 Å². The van der Waals surface area contributed by atoms with Crippen LogP contribution in [0.15, 0.2) is 34.9 Å². The number of halogens is 2. The van der Waals surface area contributed by atoms with Crippen LogP contribution in [0.3, 0.4) is 0 Å². The summed E-state index contributed by atoms with van der Waals surface area (Å²) in [5.41, 5.74) is 0.454. The zero-order chi connectivity index (χ0) is 15.4. The highest BCUT2D eigenvalue weighted by atomic mass is 79.9. The molecule has 0 aliphatic carbocycles. The fourth-order valence-electron chi connectivity index (χ4n) is 1.68. The van der Waals surface area contributed by atoms with Gasteiger partial charge in [0.15, 0.2) is 5.82 Å². The Kier molecular flexibility index (Phi) is 4.69. The molecule has 0 aliphatic heterocycles. The van der Waals surface area contributed by atoms with E-state index in [1.807, 2.05) is 12.1 Å². The second kappa shape index (κ2) is 6.49.